The number of alkyl halides is 1. The molecule has 0 saturated heterocycles. The van der Waals surface area contributed by atoms with Gasteiger partial charge in [0.25, 0.3) is 0 Å². The molecule has 0 aliphatic heterocycles. The zero-order valence-corrected chi connectivity index (χ0v) is 11.1. The van der Waals surface area contributed by atoms with E-state index >= 15 is 0 Å². The zero-order chi connectivity index (χ0) is 11.1. The van der Waals surface area contributed by atoms with Gasteiger partial charge in [0.1, 0.15) is 0 Å². The van der Waals surface area contributed by atoms with Crippen LogP contribution in [-0.4, -0.2) is 11.9 Å². The zero-order valence-electron chi connectivity index (χ0n) is 9.50. The molecule has 1 aromatic heterocycles. The highest BCUT2D eigenvalue weighted by Gasteiger charge is 2.14. The molecular formula is C12H20ClNS. The number of hydrogen-bond donors (Lipinski definition) is 1. The summed E-state index contributed by atoms with van der Waals surface area (Å²) in [7, 11) is 0. The van der Waals surface area contributed by atoms with E-state index in [1.165, 1.54) is 18.4 Å². The van der Waals surface area contributed by atoms with Gasteiger partial charge in [0.05, 0.1) is 0 Å². The Labute approximate surface area is 102 Å². The lowest BCUT2D eigenvalue weighted by atomic mass is 9.99. The first-order valence-electron chi connectivity index (χ1n) is 5.63. The van der Waals surface area contributed by atoms with Crippen LogP contribution in [0.25, 0.3) is 0 Å². The quantitative estimate of drug-likeness (QED) is 0.719. The number of hydrogen-bond acceptors (Lipinski definition) is 2. The number of rotatable bonds is 7. The van der Waals surface area contributed by atoms with Crippen molar-refractivity contribution in [1.82, 2.24) is 5.32 Å². The minimum atomic E-state index is 0.263. The summed E-state index contributed by atoms with van der Waals surface area (Å²) in [5, 5.41) is 7.96. The van der Waals surface area contributed by atoms with E-state index in [1.807, 2.05) is 0 Å². The van der Waals surface area contributed by atoms with E-state index in [9.17, 15) is 0 Å². The Balaban J connectivity index is 2.19. The summed E-state index contributed by atoms with van der Waals surface area (Å²) < 4.78 is 0. The average Bonchev–Trinajstić information content (AvgIpc) is 2.72. The molecular weight excluding hydrogens is 226 g/mol. The van der Waals surface area contributed by atoms with Crippen molar-refractivity contribution in [3.05, 3.63) is 22.4 Å². The highest BCUT2D eigenvalue weighted by molar-refractivity contribution is 7.07. The first-order chi connectivity index (χ1) is 7.27. The number of nitrogens with one attached hydrogen (secondary N) is 1. The summed E-state index contributed by atoms with van der Waals surface area (Å²) in [6, 6.07) is 2.15. The second-order valence-corrected chi connectivity index (χ2v) is 5.20. The Kier molecular flexibility index (Phi) is 6.30. The summed E-state index contributed by atoms with van der Waals surface area (Å²) in [4.78, 5) is 0. The van der Waals surface area contributed by atoms with Crippen molar-refractivity contribution in [2.45, 2.75) is 38.6 Å². The minimum Gasteiger partial charge on any atom is -0.311 e. The van der Waals surface area contributed by atoms with Crippen LogP contribution in [0.3, 0.4) is 0 Å². The molecule has 1 atom stereocenters. The van der Waals surface area contributed by atoms with E-state index in [2.05, 4.69) is 36.0 Å². The first kappa shape index (κ1) is 13.0. The van der Waals surface area contributed by atoms with E-state index in [0.717, 1.165) is 13.1 Å². The van der Waals surface area contributed by atoms with E-state index in [-0.39, 0.29) is 5.38 Å². The van der Waals surface area contributed by atoms with Crippen LogP contribution in [-0.2, 0) is 6.54 Å². The van der Waals surface area contributed by atoms with Gasteiger partial charge in [-0.15, -0.1) is 11.6 Å². The molecule has 3 heteroatoms. The molecule has 0 radical (unpaired) electrons. The molecule has 0 aliphatic rings. The molecule has 0 saturated carbocycles. The van der Waals surface area contributed by atoms with E-state index in [4.69, 9.17) is 11.6 Å². The highest BCUT2D eigenvalue weighted by Crippen LogP contribution is 2.17. The molecule has 1 aromatic rings. The summed E-state index contributed by atoms with van der Waals surface area (Å²) in [5.41, 5.74) is 1.36. The van der Waals surface area contributed by atoms with Gasteiger partial charge in [-0.1, -0.05) is 26.7 Å². The van der Waals surface area contributed by atoms with E-state index in [0.29, 0.717) is 5.92 Å². The van der Waals surface area contributed by atoms with Gasteiger partial charge in [-0.3, -0.25) is 0 Å². The van der Waals surface area contributed by atoms with Gasteiger partial charge >= 0.3 is 0 Å². The van der Waals surface area contributed by atoms with Gasteiger partial charge < -0.3 is 5.32 Å². The third-order valence-corrected chi connectivity index (χ3v) is 4.05. The second-order valence-electron chi connectivity index (χ2n) is 3.86. The minimum absolute atomic E-state index is 0.263. The van der Waals surface area contributed by atoms with Gasteiger partial charge in [0.15, 0.2) is 0 Å². The van der Waals surface area contributed by atoms with Gasteiger partial charge in [-0.05, 0) is 28.3 Å². The van der Waals surface area contributed by atoms with Gasteiger partial charge in [-0.25, -0.2) is 0 Å². The van der Waals surface area contributed by atoms with Crippen molar-refractivity contribution < 1.29 is 0 Å². The first-order valence-corrected chi connectivity index (χ1v) is 7.01. The topological polar surface area (TPSA) is 12.0 Å². The second kappa shape index (κ2) is 7.26. The molecule has 0 bridgehead atoms. The van der Waals surface area contributed by atoms with E-state index in [1.54, 1.807) is 11.3 Å². The van der Waals surface area contributed by atoms with Crippen molar-refractivity contribution >= 4 is 22.9 Å². The molecule has 1 unspecified atom stereocenters. The lowest BCUT2D eigenvalue weighted by molar-refractivity contribution is 0.446. The van der Waals surface area contributed by atoms with Crippen molar-refractivity contribution in [2.75, 3.05) is 6.54 Å². The molecule has 0 aliphatic carbocycles. The Morgan fingerprint density at radius 3 is 2.67 bits per heavy atom. The Morgan fingerprint density at radius 1 is 1.40 bits per heavy atom. The van der Waals surface area contributed by atoms with Crippen LogP contribution >= 0.6 is 22.9 Å². The van der Waals surface area contributed by atoms with Gasteiger partial charge in [0.2, 0.25) is 0 Å². The third-order valence-electron chi connectivity index (χ3n) is 2.81. The maximum atomic E-state index is 6.33. The van der Waals surface area contributed by atoms with Gasteiger partial charge in [-0.2, -0.15) is 11.3 Å². The number of halogens is 1. The molecule has 15 heavy (non-hydrogen) atoms. The maximum absolute atomic E-state index is 6.33. The molecule has 1 rings (SSSR count). The van der Waals surface area contributed by atoms with Crippen LogP contribution in [0.15, 0.2) is 16.8 Å². The molecule has 1 nitrogen and oxygen atoms in total. The molecule has 0 amide bonds. The molecule has 0 aromatic carbocycles. The van der Waals surface area contributed by atoms with Crippen LogP contribution in [0.2, 0.25) is 0 Å². The average molecular weight is 246 g/mol. The molecule has 1 N–H and O–H groups in total. The fourth-order valence-electron chi connectivity index (χ4n) is 1.71. The standard InChI is InChI=1S/C12H20ClNS/c1-3-11(4-2)12(13)8-14-7-10-5-6-15-9-10/h5-6,9,11-12,14H,3-4,7-8H2,1-2H3. The normalized spacial score (nSPS) is 13.3. The highest BCUT2D eigenvalue weighted by atomic mass is 35.5. The van der Waals surface area contributed by atoms with Crippen molar-refractivity contribution in [3.8, 4) is 0 Å². The van der Waals surface area contributed by atoms with Crippen molar-refractivity contribution in [2.24, 2.45) is 5.92 Å². The van der Waals surface area contributed by atoms with Crippen LogP contribution in [0.5, 0.6) is 0 Å². The predicted molar refractivity (Wildman–Crippen MR) is 69.7 cm³/mol. The number of thiophene rings is 1. The summed E-state index contributed by atoms with van der Waals surface area (Å²) in [5.74, 6) is 0.640. The Hall–Kier alpha value is -0.0500. The fraction of sp³-hybridized carbons (Fsp3) is 0.667. The molecule has 0 fully saturated rings. The van der Waals surface area contributed by atoms with E-state index < -0.39 is 0 Å². The Morgan fingerprint density at radius 2 is 2.13 bits per heavy atom. The van der Waals surface area contributed by atoms with Crippen molar-refractivity contribution in [3.63, 3.8) is 0 Å². The molecule has 86 valence electrons. The van der Waals surface area contributed by atoms with Crippen LogP contribution in [0.4, 0.5) is 0 Å². The summed E-state index contributed by atoms with van der Waals surface area (Å²) >= 11 is 8.07. The SMILES string of the molecule is CCC(CC)C(Cl)CNCc1ccsc1. The summed E-state index contributed by atoms with van der Waals surface area (Å²) in [6.45, 7) is 6.27. The predicted octanol–water partition coefficient (Wildman–Crippen LogP) is 3.88. The van der Waals surface area contributed by atoms with Crippen LogP contribution in [0.1, 0.15) is 32.3 Å². The maximum Gasteiger partial charge on any atom is 0.0488 e. The summed E-state index contributed by atoms with van der Waals surface area (Å²) in [6.07, 6.45) is 2.34. The fourth-order valence-corrected chi connectivity index (χ4v) is 2.85. The van der Waals surface area contributed by atoms with Crippen LogP contribution < -0.4 is 5.32 Å². The molecule has 0 spiro atoms. The largest absolute Gasteiger partial charge is 0.311 e. The smallest absolute Gasteiger partial charge is 0.0488 e. The third kappa shape index (κ3) is 4.54. The lowest BCUT2D eigenvalue weighted by Crippen LogP contribution is -2.28. The molecule has 1 heterocycles. The Bertz CT molecular complexity index is 244. The van der Waals surface area contributed by atoms with Crippen molar-refractivity contribution in [1.29, 1.82) is 0 Å². The van der Waals surface area contributed by atoms with Gasteiger partial charge in [0, 0.05) is 18.5 Å². The van der Waals surface area contributed by atoms with Crippen LogP contribution in [0, 0.1) is 5.92 Å². The monoisotopic (exact) mass is 245 g/mol. The lowest BCUT2D eigenvalue weighted by Gasteiger charge is -2.19.